The molecule has 0 fully saturated rings. The van der Waals surface area contributed by atoms with Gasteiger partial charge in [0.05, 0.1) is 11.4 Å². The van der Waals surface area contributed by atoms with Gasteiger partial charge in [-0.3, -0.25) is 4.79 Å². The number of nitrogens with zero attached hydrogens (tertiary/aromatic N) is 4. The normalized spacial score (nSPS) is 15.6. The van der Waals surface area contributed by atoms with E-state index in [1.807, 2.05) is 0 Å². The topological polar surface area (TPSA) is 125 Å². The highest BCUT2D eigenvalue weighted by molar-refractivity contribution is 7.99. The first-order valence-corrected chi connectivity index (χ1v) is 12.1. The summed E-state index contributed by atoms with van der Waals surface area (Å²) in [5.74, 6) is 0.645. The molecule has 0 bridgehead atoms. The molecule has 11 heteroatoms. The molecule has 2 heterocycles. The number of nitrogens with one attached hydrogen (secondary N) is 1. The number of carbonyl (C=O) groups is 1. The number of rotatable bonds is 7. The van der Waals surface area contributed by atoms with Crippen molar-refractivity contribution in [2.45, 2.75) is 9.79 Å². The Morgan fingerprint density at radius 2 is 1.78 bits per heavy atom. The number of anilines is 1. The third kappa shape index (κ3) is 5.24. The minimum absolute atomic E-state index is 0.0119. The summed E-state index contributed by atoms with van der Waals surface area (Å²) in [6.07, 6.45) is 4.65. The van der Waals surface area contributed by atoms with Gasteiger partial charge < -0.3 is 5.11 Å². The molecule has 2 aromatic carbocycles. The lowest BCUT2D eigenvalue weighted by Crippen LogP contribution is -2.26. The number of carbonyl (C=O) groups excluding carboxylic acids is 1. The number of phenolic OH excluding ortho intramolecular Hbond substituents is 1. The fourth-order valence-corrected chi connectivity index (χ4v) is 4.81. The Labute approximate surface area is 189 Å². The Hall–Kier alpha value is -3.44. The number of hydrogen-bond donors (Lipinski definition) is 2. The van der Waals surface area contributed by atoms with E-state index in [-0.39, 0.29) is 28.4 Å². The van der Waals surface area contributed by atoms with Gasteiger partial charge in [0.15, 0.2) is 0 Å². The molecule has 0 aliphatic carbocycles. The van der Waals surface area contributed by atoms with E-state index in [4.69, 9.17) is 0 Å². The van der Waals surface area contributed by atoms with Crippen LogP contribution < -0.4 is 4.72 Å². The summed E-state index contributed by atoms with van der Waals surface area (Å²) in [5.41, 5.74) is 0.458. The van der Waals surface area contributed by atoms with Gasteiger partial charge in [-0.25, -0.2) is 28.1 Å². The average molecular weight is 470 g/mol. The van der Waals surface area contributed by atoms with Crippen molar-refractivity contribution in [3.8, 4) is 5.75 Å². The predicted octanol–water partition coefficient (Wildman–Crippen LogP) is 2.83. The van der Waals surface area contributed by atoms with Gasteiger partial charge in [0.2, 0.25) is 5.95 Å². The minimum Gasteiger partial charge on any atom is -0.508 e. The maximum absolute atomic E-state index is 12.5. The van der Waals surface area contributed by atoms with Crippen LogP contribution in [-0.2, 0) is 10.0 Å². The Bertz CT molecular complexity index is 1220. The van der Waals surface area contributed by atoms with Crippen LogP contribution in [0.2, 0.25) is 0 Å². The molecular formula is C21H19N5O4S2. The van der Waals surface area contributed by atoms with Crippen LogP contribution in [0.25, 0.3) is 0 Å². The van der Waals surface area contributed by atoms with Crippen molar-refractivity contribution in [1.29, 1.82) is 0 Å². The van der Waals surface area contributed by atoms with Crippen LogP contribution in [0.5, 0.6) is 5.75 Å². The maximum Gasteiger partial charge on any atom is 0.273 e. The molecule has 164 valence electrons. The van der Waals surface area contributed by atoms with Crippen molar-refractivity contribution >= 4 is 39.9 Å². The highest BCUT2D eigenvalue weighted by Gasteiger charge is 2.24. The molecule has 9 nitrogen and oxygen atoms in total. The molecule has 1 aromatic heterocycles. The number of hydrogen-bond acceptors (Lipinski definition) is 8. The van der Waals surface area contributed by atoms with Crippen LogP contribution in [0.15, 0.2) is 81.9 Å². The quantitative estimate of drug-likeness (QED) is 0.510. The first kappa shape index (κ1) is 21.8. The SMILES string of the molecule is O=C(c1ccc(O)cc1)N1CC(CSc2ccc(S(=O)(=O)Nc3ncccn3)cc2)C=N1. The molecule has 1 amide bonds. The summed E-state index contributed by atoms with van der Waals surface area (Å²) >= 11 is 1.55. The second-order valence-electron chi connectivity index (χ2n) is 6.92. The third-order valence-electron chi connectivity index (χ3n) is 4.56. The van der Waals surface area contributed by atoms with Crippen LogP contribution in [-0.4, -0.2) is 52.9 Å². The Balaban J connectivity index is 1.31. The second-order valence-corrected chi connectivity index (χ2v) is 9.69. The van der Waals surface area contributed by atoms with E-state index >= 15 is 0 Å². The molecule has 1 unspecified atom stereocenters. The van der Waals surface area contributed by atoms with Crippen molar-refractivity contribution in [2.24, 2.45) is 11.0 Å². The zero-order valence-corrected chi connectivity index (χ0v) is 18.3. The molecule has 0 spiro atoms. The number of sulfonamides is 1. The summed E-state index contributed by atoms with van der Waals surface area (Å²) in [4.78, 5) is 21.2. The van der Waals surface area contributed by atoms with Crippen molar-refractivity contribution in [2.75, 3.05) is 17.0 Å². The van der Waals surface area contributed by atoms with E-state index in [0.29, 0.717) is 17.9 Å². The number of benzene rings is 2. The average Bonchev–Trinajstić information content (AvgIpc) is 3.27. The highest BCUT2D eigenvalue weighted by Crippen LogP contribution is 2.25. The summed E-state index contributed by atoms with van der Waals surface area (Å²) in [6.45, 7) is 0.459. The molecule has 0 radical (unpaired) electrons. The summed E-state index contributed by atoms with van der Waals surface area (Å²) in [7, 11) is -3.77. The summed E-state index contributed by atoms with van der Waals surface area (Å²) in [6, 6.07) is 14.2. The van der Waals surface area contributed by atoms with Gasteiger partial charge in [-0.1, -0.05) is 0 Å². The summed E-state index contributed by atoms with van der Waals surface area (Å²) in [5, 5.41) is 15.0. The van der Waals surface area contributed by atoms with Crippen molar-refractivity contribution in [1.82, 2.24) is 15.0 Å². The van der Waals surface area contributed by atoms with E-state index in [9.17, 15) is 18.3 Å². The number of hydrazone groups is 1. The van der Waals surface area contributed by atoms with Gasteiger partial charge in [0, 0.05) is 40.7 Å². The Kier molecular flexibility index (Phi) is 6.37. The van der Waals surface area contributed by atoms with Gasteiger partial charge in [-0.2, -0.15) is 5.10 Å². The standard InChI is InChI=1S/C21H19N5O4S2/c27-17-4-2-16(3-5-17)20(28)26-13-15(12-24-26)14-31-18-6-8-19(9-7-18)32(29,30)25-21-22-10-1-11-23-21/h1-12,15,27H,13-14H2,(H,22,23,25). The molecule has 0 saturated heterocycles. The molecule has 32 heavy (non-hydrogen) atoms. The van der Waals surface area contributed by atoms with Gasteiger partial charge >= 0.3 is 0 Å². The van der Waals surface area contributed by atoms with Gasteiger partial charge in [0.25, 0.3) is 15.9 Å². The number of amides is 1. The zero-order chi connectivity index (χ0) is 22.6. The first-order chi connectivity index (χ1) is 15.4. The molecule has 0 saturated carbocycles. The lowest BCUT2D eigenvalue weighted by atomic mass is 10.2. The number of aromatic hydroxyl groups is 1. The van der Waals surface area contributed by atoms with Gasteiger partial charge in [0.1, 0.15) is 5.75 Å². The van der Waals surface area contributed by atoms with E-state index in [1.165, 1.54) is 41.7 Å². The van der Waals surface area contributed by atoms with E-state index < -0.39 is 10.0 Å². The molecule has 3 aromatic rings. The lowest BCUT2D eigenvalue weighted by Gasteiger charge is -2.14. The third-order valence-corrected chi connectivity index (χ3v) is 7.11. The van der Waals surface area contributed by atoms with Gasteiger partial charge in [-0.15, -0.1) is 11.8 Å². The largest absolute Gasteiger partial charge is 0.508 e. The highest BCUT2D eigenvalue weighted by atomic mass is 32.2. The lowest BCUT2D eigenvalue weighted by molar-refractivity contribution is 0.0770. The van der Waals surface area contributed by atoms with Crippen LogP contribution in [0.1, 0.15) is 10.4 Å². The molecule has 1 aliphatic heterocycles. The van der Waals surface area contributed by atoms with Gasteiger partial charge in [-0.05, 0) is 54.6 Å². The maximum atomic E-state index is 12.5. The molecular weight excluding hydrogens is 450 g/mol. The first-order valence-electron chi connectivity index (χ1n) is 9.58. The number of phenols is 1. The van der Waals surface area contributed by atoms with Crippen molar-refractivity contribution < 1.29 is 18.3 Å². The predicted molar refractivity (Wildman–Crippen MR) is 121 cm³/mol. The smallest absolute Gasteiger partial charge is 0.273 e. The zero-order valence-electron chi connectivity index (χ0n) is 16.7. The number of aromatic nitrogens is 2. The monoisotopic (exact) mass is 469 g/mol. The van der Waals surface area contributed by atoms with E-state index in [2.05, 4.69) is 19.8 Å². The Morgan fingerprint density at radius 3 is 2.47 bits per heavy atom. The van der Waals surface area contributed by atoms with Crippen LogP contribution >= 0.6 is 11.8 Å². The second kappa shape index (κ2) is 9.37. The van der Waals surface area contributed by atoms with Crippen molar-refractivity contribution in [3.05, 3.63) is 72.6 Å². The minimum atomic E-state index is -3.77. The molecule has 1 atom stereocenters. The molecule has 1 aliphatic rings. The fraction of sp³-hybridized carbons (Fsp3) is 0.143. The molecule has 2 N–H and O–H groups in total. The Morgan fingerprint density at radius 1 is 1.09 bits per heavy atom. The number of thioether (sulfide) groups is 1. The van der Waals surface area contributed by atoms with Crippen LogP contribution in [0, 0.1) is 5.92 Å². The summed E-state index contributed by atoms with van der Waals surface area (Å²) < 4.78 is 27.2. The van der Waals surface area contributed by atoms with Crippen LogP contribution in [0.3, 0.4) is 0 Å². The van der Waals surface area contributed by atoms with Crippen molar-refractivity contribution in [3.63, 3.8) is 0 Å². The fourth-order valence-electron chi connectivity index (χ4n) is 2.92. The van der Waals surface area contributed by atoms with E-state index in [0.717, 1.165) is 4.90 Å². The van der Waals surface area contributed by atoms with Crippen LogP contribution in [0.4, 0.5) is 5.95 Å². The molecule has 4 rings (SSSR count). The van der Waals surface area contributed by atoms with E-state index in [1.54, 1.807) is 48.3 Å².